The number of benzene rings is 1. The Kier molecular flexibility index (Phi) is 12.9. The van der Waals surface area contributed by atoms with Gasteiger partial charge >= 0.3 is 6.09 Å². The minimum Gasteiger partial charge on any atom is -0.444 e. The first kappa shape index (κ1) is 30.6. The summed E-state index contributed by atoms with van der Waals surface area (Å²) in [6.07, 6.45) is 3.71. The SMILES string of the molecule is CN(C=O)[C@H]1CCCN(C(=O)OC(C)(C)C)CCCCO[C@H](CO)[C@@H](CCCc2ccccc2)C(=O)N1. The van der Waals surface area contributed by atoms with Gasteiger partial charge in [-0.2, -0.15) is 0 Å². The van der Waals surface area contributed by atoms with E-state index in [1.54, 1.807) is 11.9 Å². The van der Waals surface area contributed by atoms with Crippen LogP contribution in [0.1, 0.15) is 64.9 Å². The molecule has 0 spiro atoms. The number of rotatable bonds is 7. The molecule has 37 heavy (non-hydrogen) atoms. The summed E-state index contributed by atoms with van der Waals surface area (Å²) in [6, 6.07) is 10.1. The number of aliphatic hydroxyl groups is 1. The molecule has 9 nitrogen and oxygen atoms in total. The van der Waals surface area contributed by atoms with E-state index in [2.05, 4.69) is 17.4 Å². The van der Waals surface area contributed by atoms with Gasteiger partial charge in [0.25, 0.3) is 0 Å². The molecule has 9 heteroatoms. The molecule has 3 amide bonds. The zero-order valence-corrected chi connectivity index (χ0v) is 22.9. The monoisotopic (exact) mass is 519 g/mol. The first-order chi connectivity index (χ1) is 17.6. The van der Waals surface area contributed by atoms with Gasteiger partial charge in [0.05, 0.1) is 18.6 Å². The van der Waals surface area contributed by atoms with Crippen molar-refractivity contribution >= 4 is 18.4 Å². The van der Waals surface area contributed by atoms with Crippen molar-refractivity contribution in [2.75, 3.05) is 33.4 Å². The van der Waals surface area contributed by atoms with Crippen LogP contribution in [-0.4, -0.2) is 84.5 Å². The van der Waals surface area contributed by atoms with Crippen molar-refractivity contribution in [2.24, 2.45) is 5.92 Å². The van der Waals surface area contributed by atoms with Gasteiger partial charge in [0.2, 0.25) is 12.3 Å². The molecule has 208 valence electrons. The molecule has 0 aliphatic carbocycles. The lowest BCUT2D eigenvalue weighted by atomic mass is 9.93. The van der Waals surface area contributed by atoms with Crippen LogP contribution in [-0.2, 0) is 25.5 Å². The van der Waals surface area contributed by atoms with E-state index in [9.17, 15) is 19.5 Å². The lowest BCUT2D eigenvalue weighted by Gasteiger charge is -2.32. The van der Waals surface area contributed by atoms with E-state index >= 15 is 0 Å². The molecule has 2 rings (SSSR count). The minimum absolute atomic E-state index is 0.244. The zero-order chi connectivity index (χ0) is 27.3. The largest absolute Gasteiger partial charge is 0.444 e. The third kappa shape index (κ3) is 11.1. The molecule has 1 saturated heterocycles. The van der Waals surface area contributed by atoms with E-state index in [4.69, 9.17) is 9.47 Å². The molecule has 0 radical (unpaired) electrons. The summed E-state index contributed by atoms with van der Waals surface area (Å²) in [6.45, 7) is 6.56. The molecule has 0 saturated carbocycles. The summed E-state index contributed by atoms with van der Waals surface area (Å²) in [4.78, 5) is 40.8. The van der Waals surface area contributed by atoms with Crippen molar-refractivity contribution < 1.29 is 29.0 Å². The predicted octanol–water partition coefficient (Wildman–Crippen LogP) is 3.34. The van der Waals surface area contributed by atoms with Crippen LogP contribution in [0.15, 0.2) is 30.3 Å². The summed E-state index contributed by atoms with van der Waals surface area (Å²) in [5.41, 5.74) is 0.593. The Morgan fingerprint density at radius 1 is 1.22 bits per heavy atom. The highest BCUT2D eigenvalue weighted by molar-refractivity contribution is 5.79. The van der Waals surface area contributed by atoms with Crippen molar-refractivity contribution in [3.05, 3.63) is 35.9 Å². The number of carbonyl (C=O) groups is 3. The fourth-order valence-corrected chi connectivity index (χ4v) is 4.41. The van der Waals surface area contributed by atoms with Gasteiger partial charge in [-0.15, -0.1) is 0 Å². The number of carbonyl (C=O) groups excluding carboxylic acids is 3. The van der Waals surface area contributed by atoms with E-state index in [0.29, 0.717) is 58.2 Å². The Bertz CT molecular complexity index is 829. The van der Waals surface area contributed by atoms with Crippen molar-refractivity contribution in [3.63, 3.8) is 0 Å². The fraction of sp³-hybridized carbons (Fsp3) is 0.679. The number of hydrogen-bond donors (Lipinski definition) is 2. The van der Waals surface area contributed by atoms with E-state index in [0.717, 1.165) is 12.8 Å². The topological polar surface area (TPSA) is 108 Å². The molecular weight excluding hydrogens is 474 g/mol. The fourth-order valence-electron chi connectivity index (χ4n) is 4.41. The van der Waals surface area contributed by atoms with Gasteiger partial charge in [-0.1, -0.05) is 30.3 Å². The standard InChI is InChI=1S/C28H45N3O6/c1-28(2,3)37-27(35)31-17-8-9-19-36-24(20-32)23(15-10-14-22-12-6-5-7-13-22)26(34)29-25(16-11-18-31)30(4)21-33/h5-7,12-13,21,23-25,32H,8-11,14-20H2,1-4H3,(H,29,34)/t23-,24-,25+/m1/s1. The molecule has 3 atom stereocenters. The molecule has 1 aliphatic heterocycles. The number of aryl methyl sites for hydroxylation is 1. The summed E-state index contributed by atoms with van der Waals surface area (Å²) < 4.78 is 11.6. The van der Waals surface area contributed by atoms with Gasteiger partial charge in [0, 0.05) is 26.7 Å². The second kappa shape index (κ2) is 15.6. The second-order valence-electron chi connectivity index (χ2n) is 10.7. The van der Waals surface area contributed by atoms with Crippen molar-refractivity contribution in [3.8, 4) is 0 Å². The maximum absolute atomic E-state index is 13.4. The van der Waals surface area contributed by atoms with E-state index in [1.165, 1.54) is 10.5 Å². The van der Waals surface area contributed by atoms with Gasteiger partial charge in [0.15, 0.2) is 0 Å². The summed E-state index contributed by atoms with van der Waals surface area (Å²) in [7, 11) is 1.62. The molecule has 1 aromatic carbocycles. The van der Waals surface area contributed by atoms with E-state index in [-0.39, 0.29) is 18.6 Å². The maximum atomic E-state index is 13.4. The minimum atomic E-state index is -0.650. The summed E-state index contributed by atoms with van der Waals surface area (Å²) >= 11 is 0. The lowest BCUT2D eigenvalue weighted by Crippen LogP contribution is -2.51. The van der Waals surface area contributed by atoms with Gasteiger partial charge in [-0.05, 0) is 71.3 Å². The van der Waals surface area contributed by atoms with Gasteiger partial charge < -0.3 is 29.7 Å². The van der Waals surface area contributed by atoms with Gasteiger partial charge in [0.1, 0.15) is 11.8 Å². The third-order valence-electron chi connectivity index (χ3n) is 6.47. The highest BCUT2D eigenvalue weighted by Crippen LogP contribution is 2.20. The average Bonchev–Trinajstić information content (AvgIpc) is 2.86. The number of nitrogens with zero attached hydrogens (tertiary/aromatic N) is 2. The summed E-state index contributed by atoms with van der Waals surface area (Å²) in [5, 5.41) is 13.1. The molecule has 2 N–H and O–H groups in total. The molecule has 1 aromatic rings. The van der Waals surface area contributed by atoms with Crippen LogP contribution in [0, 0.1) is 5.92 Å². The van der Waals surface area contributed by atoms with E-state index < -0.39 is 23.8 Å². The molecule has 1 fully saturated rings. The molecule has 0 bridgehead atoms. The normalized spacial score (nSPS) is 22.5. The first-order valence-electron chi connectivity index (χ1n) is 13.4. The number of nitrogens with one attached hydrogen (secondary N) is 1. The van der Waals surface area contributed by atoms with Crippen molar-refractivity contribution in [2.45, 2.75) is 83.6 Å². The Balaban J connectivity index is 2.14. The van der Waals surface area contributed by atoms with Crippen LogP contribution in [0.2, 0.25) is 0 Å². The van der Waals surface area contributed by atoms with Crippen LogP contribution in [0.3, 0.4) is 0 Å². The number of aliphatic hydroxyl groups excluding tert-OH is 1. The quantitative estimate of drug-likeness (QED) is 0.535. The number of ether oxygens (including phenoxy) is 2. The van der Waals surface area contributed by atoms with Crippen LogP contribution in [0.4, 0.5) is 4.79 Å². The Labute approximate surface area is 221 Å². The Morgan fingerprint density at radius 3 is 2.57 bits per heavy atom. The van der Waals surface area contributed by atoms with Crippen LogP contribution >= 0.6 is 0 Å². The molecule has 0 aromatic heterocycles. The average molecular weight is 520 g/mol. The van der Waals surface area contributed by atoms with Crippen molar-refractivity contribution in [1.29, 1.82) is 0 Å². The lowest BCUT2D eigenvalue weighted by molar-refractivity contribution is -0.135. The highest BCUT2D eigenvalue weighted by Gasteiger charge is 2.31. The predicted molar refractivity (Wildman–Crippen MR) is 142 cm³/mol. The highest BCUT2D eigenvalue weighted by atomic mass is 16.6. The number of amides is 3. The van der Waals surface area contributed by atoms with Gasteiger partial charge in [-0.3, -0.25) is 9.59 Å². The summed E-state index contributed by atoms with van der Waals surface area (Å²) in [5.74, 6) is -0.788. The zero-order valence-electron chi connectivity index (χ0n) is 22.9. The Hall–Kier alpha value is -2.65. The smallest absolute Gasteiger partial charge is 0.410 e. The molecular formula is C28H45N3O6. The molecule has 1 aliphatic rings. The second-order valence-corrected chi connectivity index (χ2v) is 10.7. The van der Waals surface area contributed by atoms with Gasteiger partial charge in [-0.25, -0.2) is 4.79 Å². The van der Waals surface area contributed by atoms with Crippen LogP contribution < -0.4 is 5.32 Å². The van der Waals surface area contributed by atoms with Crippen LogP contribution in [0.25, 0.3) is 0 Å². The third-order valence-corrected chi connectivity index (χ3v) is 6.47. The molecule has 1 heterocycles. The number of hydrogen-bond acceptors (Lipinski definition) is 6. The Morgan fingerprint density at radius 2 is 1.92 bits per heavy atom. The first-order valence-corrected chi connectivity index (χ1v) is 13.4. The van der Waals surface area contributed by atoms with Crippen molar-refractivity contribution in [1.82, 2.24) is 15.1 Å². The maximum Gasteiger partial charge on any atom is 0.410 e. The molecule has 0 unspecified atom stereocenters. The van der Waals surface area contributed by atoms with E-state index in [1.807, 2.05) is 39.0 Å². The van der Waals surface area contributed by atoms with Crippen LogP contribution in [0.5, 0.6) is 0 Å².